The molecule has 8 aliphatic rings. The fourth-order valence-electron chi connectivity index (χ4n) is 21.2. The molecule has 2 saturated heterocycles. The van der Waals surface area contributed by atoms with Gasteiger partial charge in [0.1, 0.15) is 11.6 Å². The van der Waals surface area contributed by atoms with E-state index < -0.39 is 11.1 Å². The van der Waals surface area contributed by atoms with Crippen LogP contribution in [0.25, 0.3) is 60.5 Å². The Bertz CT molecular complexity index is 6640. The Balaban J connectivity index is 0.000000126. The Morgan fingerprint density at radius 2 is 0.912 bits per heavy atom. The van der Waals surface area contributed by atoms with Gasteiger partial charge in [0.2, 0.25) is 23.6 Å². The summed E-state index contributed by atoms with van der Waals surface area (Å²) in [7, 11) is 0. The highest BCUT2D eigenvalue weighted by atomic mass is 35.5. The molecule has 7 N–H and O–H groups in total. The zero-order valence-corrected chi connectivity index (χ0v) is 83.4. The summed E-state index contributed by atoms with van der Waals surface area (Å²) in [5, 5.41) is 43.5. The first kappa shape index (κ1) is 97.8. The second-order valence-corrected chi connectivity index (χ2v) is 41.2. The van der Waals surface area contributed by atoms with E-state index in [4.69, 9.17) is 110 Å². The summed E-state index contributed by atoms with van der Waals surface area (Å²) < 4.78 is 7.78. The van der Waals surface area contributed by atoms with Gasteiger partial charge in [-0.1, -0.05) is 216 Å². The molecule has 20 rings (SSSR count). The number of fused-ring (bicyclic) bond motifs is 4. The van der Waals surface area contributed by atoms with Crippen molar-refractivity contribution in [2.45, 2.75) is 198 Å². The molecule has 9 heterocycles. The molecule has 8 aromatic carbocycles. The van der Waals surface area contributed by atoms with Crippen LogP contribution in [0.15, 0.2) is 176 Å². The van der Waals surface area contributed by atoms with Crippen LogP contribution in [0.1, 0.15) is 219 Å². The topological polar surface area (TPSA) is 283 Å². The fraction of sp³-hybridized carbons (Fsp3) is 0.410. The lowest BCUT2D eigenvalue weighted by Gasteiger charge is -2.42. The van der Waals surface area contributed by atoms with Crippen molar-refractivity contribution in [2.24, 2.45) is 22.6 Å². The Kier molecular flexibility index (Phi) is 30.2. The number of piperazine rings is 1. The molecule has 5 fully saturated rings. The van der Waals surface area contributed by atoms with E-state index in [-0.39, 0.29) is 65.3 Å². The number of hydrogen-bond acceptors (Lipinski definition) is 15. The van der Waals surface area contributed by atoms with Crippen LogP contribution in [0.2, 0.25) is 40.2 Å². The summed E-state index contributed by atoms with van der Waals surface area (Å²) in [6, 6.07) is 49.3. The molecule has 0 bridgehead atoms. The van der Waals surface area contributed by atoms with Crippen molar-refractivity contribution in [3.63, 3.8) is 0 Å². The highest BCUT2D eigenvalue weighted by Gasteiger charge is 2.44. The molecule has 3 aliphatic carbocycles. The van der Waals surface area contributed by atoms with Crippen LogP contribution in [-0.2, 0) is 19.2 Å². The summed E-state index contributed by atoms with van der Waals surface area (Å²) in [5.41, 5.74) is 34.4. The van der Waals surface area contributed by atoms with Crippen LogP contribution in [0, 0.1) is 16.7 Å². The van der Waals surface area contributed by atoms with Gasteiger partial charge in [-0.15, -0.1) is 5.10 Å². The maximum atomic E-state index is 13.4. The Morgan fingerprint density at radius 3 is 1.33 bits per heavy atom. The van der Waals surface area contributed by atoms with Gasteiger partial charge in [0.15, 0.2) is 5.69 Å². The van der Waals surface area contributed by atoms with Crippen molar-refractivity contribution < 1.29 is 19.2 Å². The van der Waals surface area contributed by atoms with E-state index >= 15 is 0 Å². The summed E-state index contributed by atoms with van der Waals surface area (Å²) in [4.78, 5) is 62.4. The van der Waals surface area contributed by atoms with Gasteiger partial charge in [-0.3, -0.25) is 33.2 Å². The standard InChI is InChI=1S/C28H32Cl2N4O.C27H27Cl2N5O.C26H28Cl2N4O.C24H28Cl2N6O/c1-19(24-8-7-23(29)16-25(24)30)34-26-15-21(5-6-22(26)17-32-34)20-9-13-33(14-10-20)27(35)28(18-31)11-3-2-4-12-28;1-17(21-7-5-20(28)15-23(21)29)34-25-14-19(4-6-22(25)24(16-30)32-34)18-8-12-33(13-9-18)26(35)27(31)10-2-3-11-27;1-17(22-7-6-21(27)15-23(22)28)32-24-14-19(4-5-20(24)16-30-32)18-8-12-31(13-9-18)25(33)26(29)10-2-3-11-26;1-15-14-30(10-11-31(15)24(33)22-4-3-9-27-22)18-6-8-21-23(13-18)32(29-28-21)16(2)19-7-5-17(25)12-20(19)26/h5-9,15-17,19H,2-4,10-14,18,31H2,1H3;4-8,14-15,17H,2-3,9-13,31H2,1H3;4-8,14-17H,2-3,9-13,29H2,1H3;5-8,12-13,15-16,22,27H,3-4,9-11,14H2,1-2H3/t;;;15-,16?,22?/m...1/s1. The van der Waals surface area contributed by atoms with E-state index in [2.05, 4.69) is 142 Å². The van der Waals surface area contributed by atoms with E-state index in [0.29, 0.717) is 85.1 Å². The molecule has 31 heteroatoms. The minimum Gasteiger partial charge on any atom is -0.368 e. The molecule has 3 saturated carbocycles. The van der Waals surface area contributed by atoms with E-state index in [1.54, 1.807) is 30.3 Å². The van der Waals surface area contributed by atoms with Crippen LogP contribution >= 0.6 is 92.8 Å². The van der Waals surface area contributed by atoms with Crippen LogP contribution in [-0.4, -0.2) is 183 Å². The Hall–Kier alpha value is -9.88. The number of hydrogen-bond donors (Lipinski definition) is 4. The number of carbonyl (C=O) groups excluding carboxylic acids is 4. The number of carbonyl (C=O) groups is 4. The summed E-state index contributed by atoms with van der Waals surface area (Å²) >= 11 is 50.2. The van der Waals surface area contributed by atoms with Gasteiger partial charge in [0.05, 0.1) is 81.2 Å². The Morgan fingerprint density at radius 1 is 0.478 bits per heavy atom. The smallest absolute Gasteiger partial charge is 0.242 e. The fourth-order valence-corrected chi connectivity index (χ4v) is 23.5. The number of amides is 4. The lowest BCUT2D eigenvalue weighted by Crippen LogP contribution is -2.57. The molecular weight excluding hydrogens is 1870 g/mol. The van der Waals surface area contributed by atoms with Crippen molar-refractivity contribution in [3.8, 4) is 6.07 Å². The molecule has 5 aliphatic heterocycles. The van der Waals surface area contributed by atoms with Gasteiger partial charge >= 0.3 is 0 Å². The zero-order chi connectivity index (χ0) is 95.6. The number of nitrogens with zero attached hydrogens (tertiary/aromatic N) is 15. The molecule has 23 nitrogen and oxygen atoms in total. The third-order valence-electron chi connectivity index (χ3n) is 29.3. The molecule has 4 aromatic heterocycles. The summed E-state index contributed by atoms with van der Waals surface area (Å²) in [6.45, 7) is 18.0. The monoisotopic (exact) mass is 1990 g/mol. The molecule has 5 unspecified atom stereocenters. The average Bonchev–Trinajstić information content (AvgIpc) is 1.62. The normalized spacial score (nSPS) is 19.6. The van der Waals surface area contributed by atoms with E-state index in [1.807, 2.05) is 118 Å². The molecular formula is C105H115Cl8N19O4. The predicted octanol–water partition coefficient (Wildman–Crippen LogP) is 22.2. The molecule has 6 atom stereocenters. The predicted molar refractivity (Wildman–Crippen MR) is 550 cm³/mol. The molecule has 0 radical (unpaired) electrons. The highest BCUT2D eigenvalue weighted by Crippen LogP contribution is 2.43. The van der Waals surface area contributed by atoms with Crippen molar-refractivity contribution in [1.29, 1.82) is 5.26 Å². The first-order valence-electron chi connectivity index (χ1n) is 47.5. The Labute approximate surface area is 834 Å². The number of nitrogens with one attached hydrogen (secondary N) is 1. The van der Waals surface area contributed by atoms with Gasteiger partial charge < -0.3 is 47.0 Å². The molecule has 0 spiro atoms. The first-order chi connectivity index (χ1) is 65.5. The second kappa shape index (κ2) is 42.0. The third-order valence-corrected chi connectivity index (χ3v) is 31.6. The van der Waals surface area contributed by atoms with Crippen molar-refractivity contribution in [2.75, 3.05) is 76.9 Å². The number of nitriles is 1. The van der Waals surface area contributed by atoms with Crippen molar-refractivity contribution >= 4 is 183 Å². The van der Waals surface area contributed by atoms with E-state index in [9.17, 15) is 24.4 Å². The van der Waals surface area contributed by atoms with Gasteiger partial charge in [-0.05, 0) is 258 Å². The summed E-state index contributed by atoms with van der Waals surface area (Å²) in [6.07, 6.45) is 27.2. The first-order valence-corrected chi connectivity index (χ1v) is 50.6. The zero-order valence-electron chi connectivity index (χ0n) is 77.3. The molecule has 136 heavy (non-hydrogen) atoms. The minimum absolute atomic E-state index is 0.0167. The molecule has 710 valence electrons. The SMILES string of the molecule is CC(c1ccc(Cl)cc1Cl)n1nc(C#N)c2ccc(C3=CCN(C(=O)C4(N)CCCC4)CC3)cc21.CC(c1ccc(Cl)cc1Cl)n1ncc2ccc(C3=CCN(C(=O)C4(CN)CCCCC4)CC3)cc21.CC(c1ccc(Cl)cc1Cl)n1ncc2ccc(C3=CCN(C(=O)C4(N)CCCC4)CC3)cc21.CC(c1ccc(Cl)cc1Cl)n1nnc2ccc(N3CCN(C(=O)C4CCCN4)[C@H](C)C3)cc21. The lowest BCUT2D eigenvalue weighted by atomic mass is 9.73. The number of benzene rings is 8. The molecule has 4 amide bonds. The van der Waals surface area contributed by atoms with Gasteiger partial charge in [-0.2, -0.15) is 20.6 Å². The van der Waals surface area contributed by atoms with Crippen LogP contribution < -0.4 is 27.4 Å². The highest BCUT2D eigenvalue weighted by molar-refractivity contribution is 6.37. The molecule has 12 aromatic rings. The number of anilines is 1. The van der Waals surface area contributed by atoms with Crippen LogP contribution in [0.3, 0.4) is 0 Å². The maximum absolute atomic E-state index is 13.4. The number of halogens is 8. The number of nitrogens with two attached hydrogens (primary N) is 3. The van der Waals surface area contributed by atoms with Crippen molar-refractivity contribution in [3.05, 3.63) is 261 Å². The van der Waals surface area contributed by atoms with Crippen LogP contribution in [0.4, 0.5) is 5.69 Å². The summed E-state index contributed by atoms with van der Waals surface area (Å²) in [5.74, 6) is 0.673. The second-order valence-electron chi connectivity index (χ2n) is 37.9. The van der Waals surface area contributed by atoms with E-state index in [0.717, 1.165) is 225 Å². The maximum Gasteiger partial charge on any atom is 0.242 e. The van der Waals surface area contributed by atoms with Gasteiger partial charge in [0, 0.05) is 134 Å². The number of rotatable bonds is 17. The quantitative estimate of drug-likeness (QED) is 0.0659. The third kappa shape index (κ3) is 20.6. The average molecular weight is 1990 g/mol. The lowest BCUT2D eigenvalue weighted by molar-refractivity contribution is -0.143. The minimum atomic E-state index is -0.691. The largest absolute Gasteiger partial charge is 0.368 e. The van der Waals surface area contributed by atoms with Gasteiger partial charge in [-0.25, -0.2) is 4.68 Å². The van der Waals surface area contributed by atoms with Crippen molar-refractivity contribution in [1.82, 2.24) is 69.3 Å². The number of aromatic nitrogens is 9. The van der Waals surface area contributed by atoms with Crippen LogP contribution in [0.5, 0.6) is 0 Å². The van der Waals surface area contributed by atoms with E-state index in [1.165, 1.54) is 28.7 Å². The van der Waals surface area contributed by atoms with Gasteiger partial charge in [0.25, 0.3) is 0 Å².